The van der Waals surface area contributed by atoms with Crippen LogP contribution in [0.3, 0.4) is 0 Å². The highest BCUT2D eigenvalue weighted by molar-refractivity contribution is 7.90. The number of aromatic nitrogens is 3. The molecule has 0 saturated carbocycles. The molecular formula is C22H22ClFN4O4S. The largest absolute Gasteiger partial charge is 0.488 e. The molecule has 3 aromatic rings. The fraction of sp³-hybridized carbons (Fsp3) is 0.318. The molecule has 1 saturated heterocycles. The Balaban J connectivity index is 1.48. The fourth-order valence-electron chi connectivity index (χ4n) is 3.63. The zero-order valence-corrected chi connectivity index (χ0v) is 19.6. The normalized spacial score (nSPS) is 15.0. The van der Waals surface area contributed by atoms with Gasteiger partial charge in [0.05, 0.1) is 10.7 Å². The summed E-state index contributed by atoms with van der Waals surface area (Å²) in [5.41, 5.74) is 0.673. The highest BCUT2D eigenvalue weighted by atomic mass is 35.5. The maximum absolute atomic E-state index is 14.3. The Labute approximate surface area is 195 Å². The SMILES string of the molecule is Cc1cnc(N2CCC(Oc3cc(=O)n(-c4ccc(S(C)(=O)=O)c(F)c4)cc3Cl)CC2)nc1. The van der Waals surface area contributed by atoms with Crippen molar-refractivity contribution in [3.63, 3.8) is 0 Å². The number of halogens is 2. The second-order valence-electron chi connectivity index (χ2n) is 7.95. The molecule has 2 aromatic heterocycles. The van der Waals surface area contributed by atoms with Crippen molar-refractivity contribution in [3.8, 4) is 11.4 Å². The van der Waals surface area contributed by atoms with E-state index in [4.69, 9.17) is 16.3 Å². The topological polar surface area (TPSA) is 94.4 Å². The van der Waals surface area contributed by atoms with Crippen LogP contribution < -0.4 is 15.2 Å². The van der Waals surface area contributed by atoms with Gasteiger partial charge in [-0.25, -0.2) is 22.8 Å². The molecule has 8 nitrogen and oxygen atoms in total. The Morgan fingerprint density at radius 3 is 2.42 bits per heavy atom. The van der Waals surface area contributed by atoms with E-state index in [9.17, 15) is 17.6 Å². The summed E-state index contributed by atoms with van der Waals surface area (Å²) < 4.78 is 44.6. The third-order valence-corrected chi connectivity index (χ3v) is 6.76. The third-order valence-electron chi connectivity index (χ3n) is 5.35. The number of aryl methyl sites for hydroxylation is 1. The van der Waals surface area contributed by atoms with Crippen LogP contribution in [0.4, 0.5) is 10.3 Å². The van der Waals surface area contributed by atoms with E-state index < -0.39 is 26.1 Å². The first-order valence-electron chi connectivity index (χ1n) is 10.2. The number of nitrogens with zero attached hydrogens (tertiary/aromatic N) is 4. The van der Waals surface area contributed by atoms with Crippen molar-refractivity contribution in [3.05, 3.63) is 69.6 Å². The van der Waals surface area contributed by atoms with Gasteiger partial charge in [0.2, 0.25) is 5.95 Å². The maximum Gasteiger partial charge on any atom is 0.258 e. The van der Waals surface area contributed by atoms with Gasteiger partial charge in [-0.05, 0) is 30.7 Å². The summed E-state index contributed by atoms with van der Waals surface area (Å²) in [6.45, 7) is 3.34. The minimum Gasteiger partial charge on any atom is -0.488 e. The molecule has 1 aliphatic rings. The lowest BCUT2D eigenvalue weighted by molar-refractivity contribution is 0.170. The van der Waals surface area contributed by atoms with E-state index in [1.165, 1.54) is 18.3 Å². The molecule has 0 radical (unpaired) electrons. The lowest BCUT2D eigenvalue weighted by atomic mass is 10.1. The summed E-state index contributed by atoms with van der Waals surface area (Å²) in [5.74, 6) is -0.0207. The lowest BCUT2D eigenvalue weighted by Crippen LogP contribution is -2.39. The molecule has 3 heterocycles. The second kappa shape index (κ2) is 9.11. The number of anilines is 1. The molecule has 0 N–H and O–H groups in total. The zero-order chi connectivity index (χ0) is 23.8. The molecular weight excluding hydrogens is 471 g/mol. The molecule has 0 atom stereocenters. The van der Waals surface area contributed by atoms with Gasteiger partial charge in [-0.3, -0.25) is 9.36 Å². The van der Waals surface area contributed by atoms with Gasteiger partial charge < -0.3 is 9.64 Å². The van der Waals surface area contributed by atoms with Crippen molar-refractivity contribution in [2.24, 2.45) is 0 Å². The Hall–Kier alpha value is -2.98. The van der Waals surface area contributed by atoms with Crippen molar-refractivity contribution >= 4 is 27.4 Å². The summed E-state index contributed by atoms with van der Waals surface area (Å²) in [5, 5.41) is 0.187. The van der Waals surface area contributed by atoms with Crippen LogP contribution in [0.1, 0.15) is 18.4 Å². The minimum absolute atomic E-state index is 0.133. The number of benzene rings is 1. The average molecular weight is 493 g/mol. The quantitative estimate of drug-likeness (QED) is 0.540. The maximum atomic E-state index is 14.3. The van der Waals surface area contributed by atoms with Gasteiger partial charge in [0.15, 0.2) is 9.84 Å². The molecule has 174 valence electrons. The smallest absolute Gasteiger partial charge is 0.258 e. The summed E-state index contributed by atoms with van der Waals surface area (Å²) in [7, 11) is -3.72. The number of hydrogen-bond donors (Lipinski definition) is 0. The van der Waals surface area contributed by atoms with Crippen LogP contribution in [0.15, 0.2) is 52.5 Å². The third kappa shape index (κ3) is 5.17. The van der Waals surface area contributed by atoms with Crippen LogP contribution in [-0.2, 0) is 9.84 Å². The summed E-state index contributed by atoms with van der Waals surface area (Å²) in [6.07, 6.45) is 7.08. The van der Waals surface area contributed by atoms with Crippen molar-refractivity contribution < 1.29 is 17.5 Å². The van der Waals surface area contributed by atoms with Crippen molar-refractivity contribution in [2.75, 3.05) is 24.2 Å². The monoisotopic (exact) mass is 492 g/mol. The predicted octanol–water partition coefficient (Wildman–Crippen LogP) is 3.18. The minimum atomic E-state index is -3.72. The Morgan fingerprint density at radius 2 is 1.82 bits per heavy atom. The van der Waals surface area contributed by atoms with Gasteiger partial charge in [-0.1, -0.05) is 11.6 Å². The first-order chi connectivity index (χ1) is 15.6. The number of piperidine rings is 1. The molecule has 4 rings (SSSR count). The first kappa shape index (κ1) is 23.2. The van der Waals surface area contributed by atoms with Crippen LogP contribution in [0.2, 0.25) is 5.02 Å². The van der Waals surface area contributed by atoms with Crippen molar-refractivity contribution in [1.82, 2.24) is 14.5 Å². The second-order valence-corrected chi connectivity index (χ2v) is 10.3. The van der Waals surface area contributed by atoms with Crippen molar-refractivity contribution in [2.45, 2.75) is 30.8 Å². The summed E-state index contributed by atoms with van der Waals surface area (Å²) in [4.78, 5) is 23.0. The van der Waals surface area contributed by atoms with Gasteiger partial charge >= 0.3 is 0 Å². The van der Waals surface area contributed by atoms with Gasteiger partial charge in [0, 0.05) is 56.8 Å². The van der Waals surface area contributed by atoms with Gasteiger partial charge in [0.1, 0.15) is 22.6 Å². The molecule has 0 aliphatic carbocycles. The zero-order valence-electron chi connectivity index (χ0n) is 18.0. The molecule has 1 fully saturated rings. The van der Waals surface area contributed by atoms with E-state index in [0.29, 0.717) is 31.9 Å². The fourth-order valence-corrected chi connectivity index (χ4v) is 4.55. The first-order valence-corrected chi connectivity index (χ1v) is 12.5. The molecule has 0 amide bonds. The molecule has 1 aromatic carbocycles. The van der Waals surface area contributed by atoms with E-state index in [1.54, 1.807) is 12.4 Å². The molecule has 0 spiro atoms. The Morgan fingerprint density at radius 1 is 1.15 bits per heavy atom. The number of hydrogen-bond acceptors (Lipinski definition) is 7. The van der Waals surface area contributed by atoms with E-state index in [2.05, 4.69) is 14.9 Å². The van der Waals surface area contributed by atoms with E-state index in [1.807, 2.05) is 6.92 Å². The molecule has 33 heavy (non-hydrogen) atoms. The van der Waals surface area contributed by atoms with Crippen molar-refractivity contribution in [1.29, 1.82) is 0 Å². The highest BCUT2D eigenvalue weighted by Gasteiger charge is 2.23. The number of rotatable bonds is 5. The van der Waals surface area contributed by atoms with Gasteiger partial charge in [0.25, 0.3) is 5.56 Å². The number of ether oxygens (including phenoxy) is 1. The van der Waals surface area contributed by atoms with E-state index in [0.717, 1.165) is 28.5 Å². The van der Waals surface area contributed by atoms with Gasteiger partial charge in [-0.2, -0.15) is 0 Å². The Kier molecular flexibility index (Phi) is 6.40. The summed E-state index contributed by atoms with van der Waals surface area (Å²) in [6, 6.07) is 4.70. The average Bonchev–Trinajstić information content (AvgIpc) is 2.76. The Bertz CT molecular complexity index is 1340. The van der Waals surface area contributed by atoms with E-state index in [-0.39, 0.29) is 22.6 Å². The van der Waals surface area contributed by atoms with Crippen LogP contribution in [0.5, 0.6) is 5.75 Å². The molecule has 0 unspecified atom stereocenters. The standard InChI is InChI=1S/C22H22ClFN4O4S/c1-14-11-25-22(26-12-14)27-7-5-16(6-8-27)32-19-10-21(29)28(13-17(19)23)15-3-4-20(18(24)9-15)33(2,30)31/h3-4,9-13,16H,5-8H2,1-2H3. The number of sulfone groups is 1. The molecule has 0 bridgehead atoms. The molecule has 1 aliphatic heterocycles. The van der Waals surface area contributed by atoms with Crippen LogP contribution in [-0.4, -0.2) is 48.4 Å². The van der Waals surface area contributed by atoms with Crippen LogP contribution in [0.25, 0.3) is 5.69 Å². The summed E-state index contributed by atoms with van der Waals surface area (Å²) >= 11 is 6.35. The highest BCUT2D eigenvalue weighted by Crippen LogP contribution is 2.27. The molecule has 11 heteroatoms. The van der Waals surface area contributed by atoms with Crippen LogP contribution >= 0.6 is 11.6 Å². The lowest BCUT2D eigenvalue weighted by Gasteiger charge is -2.32. The predicted molar refractivity (Wildman–Crippen MR) is 123 cm³/mol. The van der Waals surface area contributed by atoms with Gasteiger partial charge in [-0.15, -0.1) is 0 Å². The number of pyridine rings is 1. The van der Waals surface area contributed by atoms with E-state index >= 15 is 0 Å². The van der Waals surface area contributed by atoms with Crippen LogP contribution in [0, 0.1) is 12.7 Å².